The number of hydrogen-bond donors (Lipinski definition) is 1. The standard InChI is InChI=1S/C16H28N4/c1-4-7-17-14(2)15-6-8-18-16(13-15)20-10-5-9-19(3)11-12-20/h6,8,13-14,17H,4-5,7,9-12H2,1-3H3. The summed E-state index contributed by atoms with van der Waals surface area (Å²) in [5.41, 5.74) is 1.33. The molecule has 2 heterocycles. The van der Waals surface area contributed by atoms with E-state index in [1.165, 1.54) is 24.9 Å². The fourth-order valence-electron chi connectivity index (χ4n) is 2.63. The third-order valence-corrected chi connectivity index (χ3v) is 4.01. The Labute approximate surface area is 123 Å². The molecule has 4 nitrogen and oxygen atoms in total. The fraction of sp³-hybridized carbons (Fsp3) is 0.688. The van der Waals surface area contributed by atoms with E-state index in [1.807, 2.05) is 6.20 Å². The Bertz CT molecular complexity index is 407. The van der Waals surface area contributed by atoms with Gasteiger partial charge in [-0.15, -0.1) is 0 Å². The minimum atomic E-state index is 0.395. The number of anilines is 1. The zero-order chi connectivity index (χ0) is 14.4. The normalized spacial score (nSPS) is 18.9. The predicted octanol–water partition coefficient (Wildman–Crippen LogP) is 2.28. The van der Waals surface area contributed by atoms with Crippen LogP contribution >= 0.6 is 0 Å². The van der Waals surface area contributed by atoms with Crippen molar-refractivity contribution in [3.05, 3.63) is 23.9 Å². The molecule has 1 aliphatic rings. The van der Waals surface area contributed by atoms with Crippen molar-refractivity contribution in [3.8, 4) is 0 Å². The number of hydrogen-bond acceptors (Lipinski definition) is 4. The Morgan fingerprint density at radius 1 is 1.30 bits per heavy atom. The van der Waals surface area contributed by atoms with E-state index < -0.39 is 0 Å². The van der Waals surface area contributed by atoms with Crippen molar-refractivity contribution >= 4 is 5.82 Å². The van der Waals surface area contributed by atoms with Gasteiger partial charge < -0.3 is 15.1 Å². The fourth-order valence-corrected chi connectivity index (χ4v) is 2.63. The topological polar surface area (TPSA) is 31.4 Å². The monoisotopic (exact) mass is 276 g/mol. The molecule has 112 valence electrons. The summed E-state index contributed by atoms with van der Waals surface area (Å²) in [6.07, 6.45) is 4.33. The van der Waals surface area contributed by atoms with Gasteiger partial charge in [0.25, 0.3) is 0 Å². The summed E-state index contributed by atoms with van der Waals surface area (Å²) in [6.45, 7) is 9.98. The maximum absolute atomic E-state index is 4.57. The maximum Gasteiger partial charge on any atom is 0.128 e. The minimum absolute atomic E-state index is 0.395. The first-order chi connectivity index (χ1) is 9.70. The van der Waals surface area contributed by atoms with Gasteiger partial charge in [0.2, 0.25) is 0 Å². The summed E-state index contributed by atoms with van der Waals surface area (Å²) in [4.78, 5) is 9.39. The van der Waals surface area contributed by atoms with Crippen LogP contribution in [0.5, 0.6) is 0 Å². The van der Waals surface area contributed by atoms with E-state index in [1.54, 1.807) is 0 Å². The van der Waals surface area contributed by atoms with Crippen LogP contribution in [0.4, 0.5) is 5.82 Å². The molecule has 0 radical (unpaired) electrons. The lowest BCUT2D eigenvalue weighted by atomic mass is 10.1. The van der Waals surface area contributed by atoms with Crippen LogP contribution in [-0.4, -0.2) is 49.7 Å². The van der Waals surface area contributed by atoms with Gasteiger partial charge in [-0.3, -0.25) is 0 Å². The van der Waals surface area contributed by atoms with Crippen molar-refractivity contribution in [3.63, 3.8) is 0 Å². The number of nitrogens with one attached hydrogen (secondary N) is 1. The Morgan fingerprint density at radius 3 is 2.95 bits per heavy atom. The lowest BCUT2D eigenvalue weighted by Crippen LogP contribution is -2.29. The van der Waals surface area contributed by atoms with Crippen LogP contribution in [0, 0.1) is 0 Å². The molecule has 4 heteroatoms. The molecule has 0 aromatic carbocycles. The highest BCUT2D eigenvalue weighted by Gasteiger charge is 2.14. The molecule has 1 aliphatic heterocycles. The number of nitrogens with zero attached hydrogens (tertiary/aromatic N) is 3. The van der Waals surface area contributed by atoms with Crippen LogP contribution in [0.2, 0.25) is 0 Å². The van der Waals surface area contributed by atoms with Crippen LogP contribution in [0.25, 0.3) is 0 Å². The second-order valence-corrected chi connectivity index (χ2v) is 5.77. The number of rotatable bonds is 5. The third-order valence-electron chi connectivity index (χ3n) is 4.01. The molecule has 0 spiro atoms. The van der Waals surface area contributed by atoms with Gasteiger partial charge in [0, 0.05) is 31.9 Å². The molecule has 0 bridgehead atoms. The van der Waals surface area contributed by atoms with Crippen molar-refractivity contribution in [2.45, 2.75) is 32.7 Å². The quantitative estimate of drug-likeness (QED) is 0.894. The summed E-state index contributed by atoms with van der Waals surface area (Å²) in [7, 11) is 2.20. The number of aromatic nitrogens is 1. The molecule has 0 saturated carbocycles. The molecule has 1 fully saturated rings. The van der Waals surface area contributed by atoms with Crippen LogP contribution in [0.3, 0.4) is 0 Å². The van der Waals surface area contributed by atoms with Gasteiger partial charge >= 0.3 is 0 Å². The second-order valence-electron chi connectivity index (χ2n) is 5.77. The van der Waals surface area contributed by atoms with Crippen molar-refractivity contribution < 1.29 is 0 Å². The summed E-state index contributed by atoms with van der Waals surface area (Å²) in [6, 6.07) is 4.77. The first-order valence-corrected chi connectivity index (χ1v) is 7.83. The SMILES string of the molecule is CCCNC(C)c1ccnc(N2CCCN(C)CC2)c1. The first kappa shape index (κ1) is 15.3. The van der Waals surface area contributed by atoms with Gasteiger partial charge in [-0.1, -0.05) is 6.92 Å². The van der Waals surface area contributed by atoms with E-state index in [0.29, 0.717) is 6.04 Å². The molecule has 2 rings (SSSR count). The molecular weight excluding hydrogens is 248 g/mol. The summed E-state index contributed by atoms with van der Waals surface area (Å²) >= 11 is 0. The van der Waals surface area contributed by atoms with E-state index in [2.05, 4.69) is 53.1 Å². The minimum Gasteiger partial charge on any atom is -0.355 e. The van der Waals surface area contributed by atoms with E-state index in [-0.39, 0.29) is 0 Å². The lowest BCUT2D eigenvalue weighted by molar-refractivity contribution is 0.360. The summed E-state index contributed by atoms with van der Waals surface area (Å²) in [5.74, 6) is 1.13. The molecule has 1 unspecified atom stereocenters. The molecule has 20 heavy (non-hydrogen) atoms. The highest BCUT2D eigenvalue weighted by molar-refractivity contribution is 5.42. The van der Waals surface area contributed by atoms with Crippen molar-refractivity contribution in [1.82, 2.24) is 15.2 Å². The Kier molecular flexibility index (Phi) is 5.80. The van der Waals surface area contributed by atoms with Crippen LogP contribution < -0.4 is 10.2 Å². The molecule has 0 amide bonds. The molecular formula is C16H28N4. The van der Waals surface area contributed by atoms with Gasteiger partial charge in [0.1, 0.15) is 5.82 Å². The summed E-state index contributed by atoms with van der Waals surface area (Å²) < 4.78 is 0. The van der Waals surface area contributed by atoms with Crippen LogP contribution in [0.1, 0.15) is 38.3 Å². The zero-order valence-corrected chi connectivity index (χ0v) is 13.1. The largest absolute Gasteiger partial charge is 0.355 e. The smallest absolute Gasteiger partial charge is 0.128 e. The van der Waals surface area contributed by atoms with Crippen molar-refractivity contribution in [2.24, 2.45) is 0 Å². The average molecular weight is 276 g/mol. The predicted molar refractivity (Wildman–Crippen MR) is 85.3 cm³/mol. The molecule has 1 atom stereocenters. The molecule has 1 N–H and O–H groups in total. The Hall–Kier alpha value is -1.13. The maximum atomic E-state index is 4.57. The zero-order valence-electron chi connectivity index (χ0n) is 13.1. The Morgan fingerprint density at radius 2 is 2.15 bits per heavy atom. The summed E-state index contributed by atoms with van der Waals surface area (Å²) in [5, 5.41) is 3.54. The highest BCUT2D eigenvalue weighted by atomic mass is 15.2. The van der Waals surface area contributed by atoms with Crippen LogP contribution in [-0.2, 0) is 0 Å². The lowest BCUT2D eigenvalue weighted by Gasteiger charge is -2.23. The van der Waals surface area contributed by atoms with E-state index in [0.717, 1.165) is 32.0 Å². The molecule has 0 aliphatic carbocycles. The second kappa shape index (κ2) is 7.60. The molecule has 1 aromatic rings. The van der Waals surface area contributed by atoms with E-state index in [9.17, 15) is 0 Å². The van der Waals surface area contributed by atoms with Gasteiger partial charge in [0.05, 0.1) is 0 Å². The van der Waals surface area contributed by atoms with E-state index >= 15 is 0 Å². The third kappa shape index (κ3) is 4.18. The molecule has 1 saturated heterocycles. The number of pyridine rings is 1. The van der Waals surface area contributed by atoms with Gasteiger partial charge in [-0.05, 0) is 57.6 Å². The van der Waals surface area contributed by atoms with E-state index in [4.69, 9.17) is 0 Å². The Balaban J connectivity index is 2.04. The molecule has 1 aromatic heterocycles. The van der Waals surface area contributed by atoms with Crippen molar-refractivity contribution in [2.75, 3.05) is 44.7 Å². The van der Waals surface area contributed by atoms with Crippen LogP contribution in [0.15, 0.2) is 18.3 Å². The van der Waals surface area contributed by atoms with Crippen molar-refractivity contribution in [1.29, 1.82) is 0 Å². The highest BCUT2D eigenvalue weighted by Crippen LogP contribution is 2.19. The number of likely N-dealkylation sites (N-methyl/N-ethyl adjacent to an activating group) is 1. The first-order valence-electron chi connectivity index (χ1n) is 7.83. The van der Waals surface area contributed by atoms with Gasteiger partial charge in [-0.2, -0.15) is 0 Å². The van der Waals surface area contributed by atoms with Gasteiger partial charge in [0.15, 0.2) is 0 Å². The van der Waals surface area contributed by atoms with Gasteiger partial charge in [-0.25, -0.2) is 4.98 Å². The average Bonchev–Trinajstić information content (AvgIpc) is 2.69.